The van der Waals surface area contributed by atoms with Crippen LogP contribution in [0.4, 0.5) is 0 Å². The van der Waals surface area contributed by atoms with Crippen molar-refractivity contribution in [3.8, 4) is 17.2 Å². The molecule has 5 nitrogen and oxygen atoms in total. The summed E-state index contributed by atoms with van der Waals surface area (Å²) in [7, 11) is 0. The number of benzene rings is 4. The van der Waals surface area contributed by atoms with Gasteiger partial charge in [-0.15, -0.1) is 0 Å². The van der Waals surface area contributed by atoms with E-state index in [1.165, 1.54) is 0 Å². The number of aromatic nitrogens is 5. The summed E-state index contributed by atoms with van der Waals surface area (Å²) in [6, 6.07) is 30.3. The van der Waals surface area contributed by atoms with Crippen LogP contribution >= 0.6 is 11.6 Å². The van der Waals surface area contributed by atoms with E-state index in [0.29, 0.717) is 16.8 Å². The molecule has 0 aliphatic carbocycles. The first-order valence-electron chi connectivity index (χ1n) is 10.9. The Morgan fingerprint density at radius 3 is 2.21 bits per heavy atom. The molecule has 0 N–H and O–H groups in total. The van der Waals surface area contributed by atoms with Gasteiger partial charge in [-0.25, -0.2) is 19.9 Å². The fraction of sp³-hybridized carbons (Fsp3) is 0. The monoisotopic (exact) mass is 457 g/mol. The van der Waals surface area contributed by atoms with Gasteiger partial charge in [-0.3, -0.25) is 4.57 Å². The maximum Gasteiger partial charge on any atom is 0.235 e. The highest BCUT2D eigenvalue weighted by Crippen LogP contribution is 2.35. The van der Waals surface area contributed by atoms with E-state index in [-0.39, 0.29) is 0 Å². The van der Waals surface area contributed by atoms with Crippen molar-refractivity contribution in [2.24, 2.45) is 0 Å². The Bertz CT molecular complexity index is 1890. The smallest absolute Gasteiger partial charge is 0.235 e. The van der Waals surface area contributed by atoms with Crippen molar-refractivity contribution in [2.75, 3.05) is 0 Å². The van der Waals surface area contributed by atoms with E-state index in [9.17, 15) is 0 Å². The molecule has 0 aliphatic rings. The van der Waals surface area contributed by atoms with Gasteiger partial charge in [0, 0.05) is 27.9 Å². The summed E-state index contributed by atoms with van der Waals surface area (Å²) in [5, 5.41) is 3.63. The van der Waals surface area contributed by atoms with Crippen LogP contribution < -0.4 is 0 Å². The van der Waals surface area contributed by atoms with Gasteiger partial charge in [0.05, 0.1) is 27.6 Å². The quantitative estimate of drug-likeness (QED) is 0.280. The van der Waals surface area contributed by atoms with Crippen LogP contribution in [-0.2, 0) is 0 Å². The van der Waals surface area contributed by atoms with Crippen molar-refractivity contribution < 1.29 is 0 Å². The first-order valence-corrected chi connectivity index (χ1v) is 11.3. The van der Waals surface area contributed by atoms with Gasteiger partial charge in [0.25, 0.3) is 0 Å². The molecule has 0 amide bonds. The molecule has 6 heteroatoms. The summed E-state index contributed by atoms with van der Waals surface area (Å²) in [5.41, 5.74) is 6.05. The lowest BCUT2D eigenvalue weighted by Gasteiger charge is -2.09. The molecule has 34 heavy (non-hydrogen) atoms. The fourth-order valence-electron chi connectivity index (χ4n) is 4.57. The Hall–Kier alpha value is -4.35. The normalized spacial score (nSPS) is 11.7. The number of hydrogen-bond donors (Lipinski definition) is 0. The predicted octanol–water partition coefficient (Wildman–Crippen LogP) is 6.99. The Morgan fingerprint density at radius 2 is 1.32 bits per heavy atom. The molecule has 0 saturated heterocycles. The highest BCUT2D eigenvalue weighted by molar-refractivity contribution is 6.32. The molecule has 0 fully saturated rings. The minimum Gasteiger partial charge on any atom is -0.278 e. The molecule has 0 bridgehead atoms. The SMILES string of the molecule is Clc1nc2ccccc2nc1-c1ccc2c3ccccc3n(-c3ncc4ccccc4n3)c2c1. The van der Waals surface area contributed by atoms with Crippen molar-refractivity contribution in [1.82, 2.24) is 24.5 Å². The van der Waals surface area contributed by atoms with E-state index >= 15 is 0 Å². The van der Waals surface area contributed by atoms with Crippen LogP contribution in [0.3, 0.4) is 0 Å². The second-order valence-electron chi connectivity index (χ2n) is 8.17. The second-order valence-corrected chi connectivity index (χ2v) is 8.52. The van der Waals surface area contributed by atoms with Crippen LogP contribution in [0.15, 0.2) is 97.2 Å². The van der Waals surface area contributed by atoms with Crippen molar-refractivity contribution in [3.05, 3.63) is 102 Å². The Morgan fingerprint density at radius 1 is 0.618 bits per heavy atom. The molecule has 7 aromatic rings. The molecule has 4 aromatic carbocycles. The molecule has 0 unspecified atom stereocenters. The maximum absolute atomic E-state index is 6.58. The number of hydrogen-bond acceptors (Lipinski definition) is 4. The van der Waals surface area contributed by atoms with Crippen molar-refractivity contribution in [3.63, 3.8) is 0 Å². The van der Waals surface area contributed by atoms with E-state index in [0.717, 1.165) is 49.3 Å². The van der Waals surface area contributed by atoms with E-state index in [4.69, 9.17) is 26.6 Å². The molecule has 0 saturated carbocycles. The van der Waals surface area contributed by atoms with Gasteiger partial charge in [-0.05, 0) is 30.3 Å². The Labute approximate surface area is 199 Å². The molecular formula is C28H16ClN5. The van der Waals surface area contributed by atoms with E-state index < -0.39 is 0 Å². The van der Waals surface area contributed by atoms with Crippen LogP contribution in [0.5, 0.6) is 0 Å². The zero-order valence-electron chi connectivity index (χ0n) is 17.9. The average molecular weight is 458 g/mol. The van der Waals surface area contributed by atoms with E-state index in [2.05, 4.69) is 33.8 Å². The summed E-state index contributed by atoms with van der Waals surface area (Å²) >= 11 is 6.58. The zero-order valence-corrected chi connectivity index (χ0v) is 18.6. The number of para-hydroxylation sites is 4. The average Bonchev–Trinajstić information content (AvgIpc) is 3.21. The molecule has 7 rings (SSSR count). The lowest BCUT2D eigenvalue weighted by molar-refractivity contribution is 1.01. The summed E-state index contributed by atoms with van der Waals surface area (Å²) in [6.07, 6.45) is 1.87. The molecule has 3 aromatic heterocycles. The molecule has 0 spiro atoms. The topological polar surface area (TPSA) is 56.5 Å². The molecule has 160 valence electrons. The van der Waals surface area contributed by atoms with Crippen LogP contribution in [0.1, 0.15) is 0 Å². The number of nitrogens with zero attached hydrogens (tertiary/aromatic N) is 5. The zero-order chi connectivity index (χ0) is 22.6. The van der Waals surface area contributed by atoms with Crippen molar-refractivity contribution >= 4 is 55.3 Å². The van der Waals surface area contributed by atoms with Crippen LogP contribution in [0.2, 0.25) is 5.15 Å². The summed E-state index contributed by atoms with van der Waals surface area (Å²) in [5.74, 6) is 0.623. The summed E-state index contributed by atoms with van der Waals surface area (Å²) in [6.45, 7) is 0. The van der Waals surface area contributed by atoms with E-state index in [1.807, 2.05) is 72.9 Å². The Balaban J connectivity index is 1.53. The van der Waals surface area contributed by atoms with Crippen LogP contribution in [0.25, 0.3) is 60.9 Å². The first kappa shape index (κ1) is 19.1. The minimum absolute atomic E-state index is 0.377. The van der Waals surface area contributed by atoms with Gasteiger partial charge >= 0.3 is 0 Å². The largest absolute Gasteiger partial charge is 0.278 e. The maximum atomic E-state index is 6.58. The minimum atomic E-state index is 0.377. The Kier molecular flexibility index (Phi) is 4.13. The van der Waals surface area contributed by atoms with Crippen LogP contribution in [0, 0.1) is 0 Å². The van der Waals surface area contributed by atoms with Gasteiger partial charge < -0.3 is 0 Å². The molecule has 0 radical (unpaired) electrons. The third-order valence-electron chi connectivity index (χ3n) is 6.15. The molecule has 0 atom stereocenters. The van der Waals surface area contributed by atoms with Crippen molar-refractivity contribution in [1.29, 1.82) is 0 Å². The predicted molar refractivity (Wildman–Crippen MR) is 137 cm³/mol. The molecule has 3 heterocycles. The van der Waals surface area contributed by atoms with Gasteiger partial charge in [0.15, 0.2) is 5.15 Å². The first-order chi connectivity index (χ1) is 16.8. The van der Waals surface area contributed by atoms with Gasteiger partial charge in [-0.1, -0.05) is 72.3 Å². The molecular weight excluding hydrogens is 442 g/mol. The lowest BCUT2D eigenvalue weighted by Crippen LogP contribution is -2.01. The van der Waals surface area contributed by atoms with Gasteiger partial charge in [0.2, 0.25) is 5.95 Å². The van der Waals surface area contributed by atoms with E-state index in [1.54, 1.807) is 0 Å². The highest BCUT2D eigenvalue weighted by Gasteiger charge is 2.17. The summed E-state index contributed by atoms with van der Waals surface area (Å²) in [4.78, 5) is 19.0. The standard InChI is InChI=1S/C28H16ClN5/c29-27-26(31-22-10-4-5-11-23(22)32-27)17-13-14-20-19-8-2-6-12-24(19)34(25(20)15-17)28-30-16-18-7-1-3-9-21(18)33-28/h1-16H. The number of fused-ring (bicyclic) bond motifs is 5. The fourth-order valence-corrected chi connectivity index (χ4v) is 4.81. The van der Waals surface area contributed by atoms with Crippen molar-refractivity contribution in [2.45, 2.75) is 0 Å². The lowest BCUT2D eigenvalue weighted by atomic mass is 10.1. The third-order valence-corrected chi connectivity index (χ3v) is 6.42. The van der Waals surface area contributed by atoms with Gasteiger partial charge in [0.1, 0.15) is 5.69 Å². The number of rotatable bonds is 2. The third kappa shape index (κ3) is 2.87. The van der Waals surface area contributed by atoms with Crippen LogP contribution in [-0.4, -0.2) is 24.5 Å². The highest BCUT2D eigenvalue weighted by atomic mass is 35.5. The van der Waals surface area contributed by atoms with Gasteiger partial charge in [-0.2, -0.15) is 0 Å². The summed E-state index contributed by atoms with van der Waals surface area (Å²) < 4.78 is 2.10. The number of halogens is 1. The second kappa shape index (κ2) is 7.33. The molecule has 0 aliphatic heterocycles.